The Kier molecular flexibility index (Phi) is 6.31. The SMILES string of the molecule is C[Si]1(C)C2=Cc3ccccc3[CH]2[Ti]([O]C(=O)c2ccc(F)cc2)([O]C(=O)c2ccc(F)cc2)[CH]2C1=Cc1ccccc12. The summed E-state index contributed by atoms with van der Waals surface area (Å²) in [5, 5.41) is 2.33. The van der Waals surface area contributed by atoms with Crippen molar-refractivity contribution in [1.82, 2.24) is 0 Å². The Bertz CT molecular complexity index is 1700. The molecular formula is C34H26F2O4SiTi. The average molecular weight is 613 g/mol. The molecule has 4 aromatic carbocycles. The van der Waals surface area contributed by atoms with Gasteiger partial charge in [-0.2, -0.15) is 0 Å². The maximum absolute atomic E-state index is 14.0. The molecule has 2 aliphatic carbocycles. The summed E-state index contributed by atoms with van der Waals surface area (Å²) in [6.07, 6.45) is 4.40. The number of benzene rings is 4. The van der Waals surface area contributed by atoms with Gasteiger partial charge in [0.15, 0.2) is 0 Å². The van der Waals surface area contributed by atoms with Gasteiger partial charge in [-0.05, 0) is 0 Å². The molecule has 7 rings (SSSR count). The Morgan fingerprint density at radius 1 is 0.619 bits per heavy atom. The van der Waals surface area contributed by atoms with Gasteiger partial charge in [-0.25, -0.2) is 0 Å². The van der Waals surface area contributed by atoms with Crippen LogP contribution in [0.2, 0.25) is 13.1 Å². The molecule has 0 bridgehead atoms. The predicted octanol–water partition coefficient (Wildman–Crippen LogP) is 8.04. The van der Waals surface area contributed by atoms with Crippen molar-refractivity contribution >= 4 is 32.2 Å². The first-order valence-corrected chi connectivity index (χ1v) is 19.9. The summed E-state index contributed by atoms with van der Waals surface area (Å²) < 4.78 is 40.2. The number of hydrogen-bond donors (Lipinski definition) is 0. The van der Waals surface area contributed by atoms with Crippen LogP contribution in [0.4, 0.5) is 8.78 Å². The molecule has 8 heteroatoms. The molecule has 1 aliphatic heterocycles. The molecule has 1 fully saturated rings. The van der Waals surface area contributed by atoms with E-state index in [1.807, 2.05) is 48.5 Å². The van der Waals surface area contributed by atoms with Gasteiger partial charge in [0.25, 0.3) is 0 Å². The van der Waals surface area contributed by atoms with Gasteiger partial charge in [0, 0.05) is 0 Å². The van der Waals surface area contributed by atoms with Gasteiger partial charge in [-0.3, -0.25) is 0 Å². The van der Waals surface area contributed by atoms with Crippen molar-refractivity contribution in [2.75, 3.05) is 0 Å². The summed E-state index contributed by atoms with van der Waals surface area (Å²) >= 11 is -4.82. The van der Waals surface area contributed by atoms with Crippen LogP contribution >= 0.6 is 0 Å². The van der Waals surface area contributed by atoms with Gasteiger partial charge in [0.2, 0.25) is 0 Å². The van der Waals surface area contributed by atoms with Gasteiger partial charge in [0.05, 0.1) is 0 Å². The van der Waals surface area contributed by atoms with Crippen LogP contribution in [0.25, 0.3) is 12.2 Å². The van der Waals surface area contributed by atoms with Crippen molar-refractivity contribution < 1.29 is 42.4 Å². The van der Waals surface area contributed by atoms with E-state index in [2.05, 4.69) is 25.2 Å². The van der Waals surface area contributed by atoms with Gasteiger partial charge in [-0.1, -0.05) is 0 Å². The van der Waals surface area contributed by atoms with E-state index in [-0.39, 0.29) is 11.1 Å². The molecule has 0 saturated carbocycles. The fourth-order valence-electron chi connectivity index (χ4n) is 6.77. The molecule has 0 spiro atoms. The van der Waals surface area contributed by atoms with Crippen LogP contribution in [-0.2, 0) is 24.0 Å². The van der Waals surface area contributed by atoms with Crippen LogP contribution in [0.5, 0.6) is 0 Å². The third kappa shape index (κ3) is 4.10. The van der Waals surface area contributed by atoms with E-state index in [9.17, 15) is 18.4 Å². The first-order valence-electron chi connectivity index (χ1n) is 13.8. The van der Waals surface area contributed by atoms with E-state index in [1.54, 1.807) is 0 Å². The van der Waals surface area contributed by atoms with Crippen molar-refractivity contribution in [2.45, 2.75) is 21.5 Å². The summed E-state index contributed by atoms with van der Waals surface area (Å²) in [5.41, 5.74) is 4.37. The van der Waals surface area contributed by atoms with Crippen LogP contribution in [0.15, 0.2) is 107 Å². The summed E-state index contributed by atoms with van der Waals surface area (Å²) in [4.78, 5) is 28.0. The van der Waals surface area contributed by atoms with Gasteiger partial charge in [0.1, 0.15) is 0 Å². The average Bonchev–Trinajstić information content (AvgIpc) is 3.58. The number of allylic oxidation sites excluding steroid dienone is 2. The van der Waals surface area contributed by atoms with Crippen LogP contribution in [0.1, 0.15) is 51.4 Å². The summed E-state index contributed by atoms with van der Waals surface area (Å²) in [7, 11) is -2.32. The van der Waals surface area contributed by atoms with E-state index in [4.69, 9.17) is 6.64 Å². The zero-order valence-corrected chi connectivity index (χ0v) is 25.5. The predicted molar refractivity (Wildman–Crippen MR) is 155 cm³/mol. The first kappa shape index (κ1) is 27.0. The fourth-order valence-corrected chi connectivity index (χ4v) is 21.3. The molecular weight excluding hydrogens is 586 g/mol. The molecule has 3 aliphatic rings. The molecule has 208 valence electrons. The van der Waals surface area contributed by atoms with E-state index in [0.717, 1.165) is 32.6 Å². The van der Waals surface area contributed by atoms with Crippen molar-refractivity contribution in [3.8, 4) is 0 Å². The summed E-state index contributed by atoms with van der Waals surface area (Å²) in [6, 6.07) is 26.4. The number of carbonyl (C=O) groups is 2. The number of halogens is 2. The van der Waals surface area contributed by atoms with Gasteiger partial charge < -0.3 is 0 Å². The van der Waals surface area contributed by atoms with Crippen molar-refractivity contribution in [3.63, 3.8) is 0 Å². The second-order valence-electron chi connectivity index (χ2n) is 11.5. The number of hydrogen-bond acceptors (Lipinski definition) is 4. The van der Waals surface area contributed by atoms with Crippen LogP contribution < -0.4 is 0 Å². The van der Waals surface area contributed by atoms with E-state index < -0.39 is 57.5 Å². The second kappa shape index (κ2) is 9.83. The van der Waals surface area contributed by atoms with Gasteiger partial charge >= 0.3 is 249 Å². The quantitative estimate of drug-likeness (QED) is 0.219. The second-order valence-corrected chi connectivity index (χ2v) is 20.6. The maximum atomic E-state index is 14.0. The number of rotatable bonds is 4. The summed E-state index contributed by atoms with van der Waals surface area (Å²) in [5.74, 6) is -2.26. The molecule has 2 atom stereocenters. The fraction of sp³-hybridized carbons (Fsp3) is 0.118. The van der Waals surface area contributed by atoms with E-state index in [0.29, 0.717) is 0 Å². The molecule has 4 aromatic rings. The monoisotopic (exact) mass is 612 g/mol. The number of carbonyl (C=O) groups excluding carboxylic acids is 2. The van der Waals surface area contributed by atoms with Crippen molar-refractivity contribution in [2.24, 2.45) is 0 Å². The third-order valence-electron chi connectivity index (χ3n) is 8.77. The molecule has 1 saturated heterocycles. The Morgan fingerprint density at radius 3 is 1.40 bits per heavy atom. The standard InChI is InChI=1S/C20H18Si.2C7H5FO2.Ti/c1-21(2,19-11-15-7-3-4-8-16(15)12-19)20-13-17-9-5-6-10-18(17)14-20;2*8-6-3-1-5(2-4-6)7(9)10;/h3-14H,1-2H3;2*1-4H,(H,9,10);/q;;;+2/p-2. The Morgan fingerprint density at radius 2 is 1.00 bits per heavy atom. The Labute approximate surface area is 247 Å². The van der Waals surface area contributed by atoms with Crippen LogP contribution in [-0.4, -0.2) is 20.0 Å². The van der Waals surface area contributed by atoms with E-state index >= 15 is 0 Å². The first-order chi connectivity index (χ1) is 20.2. The minimum absolute atomic E-state index is 0.176. The molecule has 1 heterocycles. The molecule has 0 aromatic heterocycles. The van der Waals surface area contributed by atoms with Crippen LogP contribution in [0, 0.1) is 11.6 Å². The molecule has 2 unspecified atom stereocenters. The topological polar surface area (TPSA) is 52.6 Å². The summed E-state index contributed by atoms with van der Waals surface area (Å²) in [6.45, 7) is 4.61. The molecule has 0 radical (unpaired) electrons. The van der Waals surface area contributed by atoms with Gasteiger partial charge in [-0.15, -0.1) is 0 Å². The molecule has 0 N–H and O–H groups in total. The third-order valence-corrected chi connectivity index (χ3v) is 19.5. The Hall–Kier alpha value is -3.91. The molecule has 4 nitrogen and oxygen atoms in total. The van der Waals surface area contributed by atoms with E-state index in [1.165, 1.54) is 48.5 Å². The van der Waals surface area contributed by atoms with Crippen molar-refractivity contribution in [3.05, 3.63) is 152 Å². The zero-order chi connectivity index (χ0) is 29.2. The Balaban J connectivity index is 1.48. The number of fused-ring (bicyclic) bond motifs is 6. The molecule has 42 heavy (non-hydrogen) atoms. The zero-order valence-electron chi connectivity index (χ0n) is 22.9. The normalized spacial score (nSPS) is 20.3. The van der Waals surface area contributed by atoms with Crippen LogP contribution in [0.3, 0.4) is 0 Å². The van der Waals surface area contributed by atoms with Crippen molar-refractivity contribution in [1.29, 1.82) is 0 Å². The minimum atomic E-state index is -4.82. The molecule has 0 amide bonds.